The summed E-state index contributed by atoms with van der Waals surface area (Å²) in [6.07, 6.45) is 0. The molecule has 0 bridgehead atoms. The van der Waals surface area contributed by atoms with Gasteiger partial charge in [-0.15, -0.1) is 10.2 Å². The number of nitro benzene ring substituents is 1. The smallest absolute Gasteiger partial charge is 0.277 e. The molecule has 1 aromatic heterocycles. The first-order valence-corrected chi connectivity index (χ1v) is 8.41. The van der Waals surface area contributed by atoms with Crippen LogP contribution in [-0.2, 0) is 5.75 Å². The molecule has 6 nitrogen and oxygen atoms in total. The first-order chi connectivity index (χ1) is 11.5. The summed E-state index contributed by atoms with van der Waals surface area (Å²) in [7, 11) is 0. The Hall–Kier alpha value is -2.09. The SMILES string of the molecule is O=[N+]([O-])c1cc(Cl)cc(CSc2nnc(-c3ccc(Cl)cc3)o2)c1. The summed E-state index contributed by atoms with van der Waals surface area (Å²) in [6.45, 7) is 0. The molecule has 0 aliphatic carbocycles. The molecule has 3 aromatic rings. The fourth-order valence-electron chi connectivity index (χ4n) is 1.94. The van der Waals surface area contributed by atoms with Crippen LogP contribution in [0, 0.1) is 10.1 Å². The van der Waals surface area contributed by atoms with E-state index in [4.69, 9.17) is 27.6 Å². The van der Waals surface area contributed by atoms with E-state index >= 15 is 0 Å². The lowest BCUT2D eigenvalue weighted by Crippen LogP contribution is -1.90. The van der Waals surface area contributed by atoms with E-state index in [1.807, 2.05) is 0 Å². The monoisotopic (exact) mass is 381 g/mol. The van der Waals surface area contributed by atoms with Gasteiger partial charge in [0.05, 0.1) is 4.92 Å². The molecule has 0 aliphatic heterocycles. The average molecular weight is 382 g/mol. The zero-order chi connectivity index (χ0) is 17.1. The first kappa shape index (κ1) is 16.8. The largest absolute Gasteiger partial charge is 0.411 e. The van der Waals surface area contributed by atoms with Crippen LogP contribution in [-0.4, -0.2) is 15.1 Å². The second-order valence-corrected chi connectivity index (χ2v) is 6.54. The van der Waals surface area contributed by atoms with Gasteiger partial charge in [0.2, 0.25) is 5.89 Å². The summed E-state index contributed by atoms with van der Waals surface area (Å²) in [5, 5.41) is 20.1. The van der Waals surface area contributed by atoms with Gasteiger partial charge in [0, 0.05) is 33.5 Å². The van der Waals surface area contributed by atoms with Crippen molar-refractivity contribution in [3.05, 3.63) is 68.2 Å². The van der Waals surface area contributed by atoms with Crippen molar-refractivity contribution in [2.75, 3.05) is 0 Å². The molecule has 2 aromatic carbocycles. The molecule has 0 radical (unpaired) electrons. The lowest BCUT2D eigenvalue weighted by molar-refractivity contribution is -0.384. The minimum Gasteiger partial charge on any atom is -0.411 e. The van der Waals surface area contributed by atoms with Crippen molar-refractivity contribution in [1.82, 2.24) is 10.2 Å². The maximum absolute atomic E-state index is 10.9. The van der Waals surface area contributed by atoms with Crippen LogP contribution in [0.15, 0.2) is 52.1 Å². The van der Waals surface area contributed by atoms with Crippen molar-refractivity contribution < 1.29 is 9.34 Å². The van der Waals surface area contributed by atoms with E-state index < -0.39 is 4.92 Å². The fraction of sp³-hybridized carbons (Fsp3) is 0.0667. The van der Waals surface area contributed by atoms with E-state index in [2.05, 4.69) is 10.2 Å². The van der Waals surface area contributed by atoms with Crippen molar-refractivity contribution in [2.45, 2.75) is 11.0 Å². The van der Waals surface area contributed by atoms with E-state index in [1.54, 1.807) is 30.3 Å². The summed E-state index contributed by atoms with van der Waals surface area (Å²) >= 11 is 13.0. The standard InChI is InChI=1S/C15H9Cl2N3O3S/c16-11-3-1-10(2-4-11)14-18-19-15(23-14)24-8-9-5-12(17)7-13(6-9)20(21)22/h1-7H,8H2. The highest BCUT2D eigenvalue weighted by Gasteiger charge is 2.12. The Bertz CT molecular complexity index is 884. The number of nitrogens with zero attached hydrogens (tertiary/aromatic N) is 3. The third kappa shape index (κ3) is 4.05. The minimum atomic E-state index is -0.481. The van der Waals surface area contributed by atoms with Gasteiger partial charge in [-0.25, -0.2) is 0 Å². The Labute approximate surface area is 150 Å². The summed E-state index contributed by atoms with van der Waals surface area (Å²) in [5.41, 5.74) is 1.41. The average Bonchev–Trinajstić information content (AvgIpc) is 3.02. The number of non-ortho nitro benzene ring substituents is 1. The van der Waals surface area contributed by atoms with E-state index in [9.17, 15) is 10.1 Å². The highest BCUT2D eigenvalue weighted by Crippen LogP contribution is 2.29. The van der Waals surface area contributed by atoms with Crippen LogP contribution < -0.4 is 0 Å². The quantitative estimate of drug-likeness (QED) is 0.341. The van der Waals surface area contributed by atoms with Crippen LogP contribution >= 0.6 is 35.0 Å². The summed E-state index contributed by atoms with van der Waals surface area (Å²) < 4.78 is 5.57. The molecular weight excluding hydrogens is 373 g/mol. The number of nitro groups is 1. The Morgan fingerprint density at radius 2 is 1.83 bits per heavy atom. The van der Waals surface area contributed by atoms with Crippen LogP contribution in [0.25, 0.3) is 11.5 Å². The number of benzene rings is 2. The van der Waals surface area contributed by atoms with E-state index in [0.717, 1.165) is 5.56 Å². The second kappa shape index (κ2) is 7.21. The topological polar surface area (TPSA) is 82.1 Å². The van der Waals surface area contributed by atoms with Crippen LogP contribution in [0.1, 0.15) is 5.56 Å². The molecule has 3 rings (SSSR count). The van der Waals surface area contributed by atoms with Gasteiger partial charge < -0.3 is 4.42 Å². The Balaban J connectivity index is 1.72. The van der Waals surface area contributed by atoms with Crippen molar-refractivity contribution >= 4 is 40.7 Å². The molecule has 0 saturated carbocycles. The van der Waals surface area contributed by atoms with Crippen molar-refractivity contribution in [2.24, 2.45) is 0 Å². The molecule has 0 saturated heterocycles. The molecule has 9 heteroatoms. The highest BCUT2D eigenvalue weighted by molar-refractivity contribution is 7.98. The second-order valence-electron chi connectivity index (χ2n) is 4.74. The van der Waals surface area contributed by atoms with Crippen LogP contribution in [0.5, 0.6) is 0 Å². The van der Waals surface area contributed by atoms with Crippen molar-refractivity contribution in [1.29, 1.82) is 0 Å². The molecular formula is C15H9Cl2N3O3S. The number of rotatable bonds is 5. The molecule has 0 spiro atoms. The number of hydrogen-bond donors (Lipinski definition) is 0. The number of thioether (sulfide) groups is 1. The predicted molar refractivity (Wildman–Crippen MR) is 92.4 cm³/mol. The first-order valence-electron chi connectivity index (χ1n) is 6.67. The van der Waals surface area contributed by atoms with Gasteiger partial charge in [-0.2, -0.15) is 0 Å². The fourth-order valence-corrected chi connectivity index (χ4v) is 3.02. The molecule has 0 unspecified atom stereocenters. The third-order valence-corrected chi connectivity index (χ3v) is 4.37. The minimum absolute atomic E-state index is 0.0505. The van der Waals surface area contributed by atoms with E-state index in [0.29, 0.717) is 32.5 Å². The zero-order valence-electron chi connectivity index (χ0n) is 12.0. The molecule has 122 valence electrons. The normalized spacial score (nSPS) is 10.8. The summed E-state index contributed by atoms with van der Waals surface area (Å²) in [6, 6.07) is 11.5. The van der Waals surface area contributed by atoms with Gasteiger partial charge in [-0.1, -0.05) is 35.0 Å². The number of aromatic nitrogens is 2. The van der Waals surface area contributed by atoms with Crippen LogP contribution in [0.4, 0.5) is 5.69 Å². The van der Waals surface area contributed by atoms with Gasteiger partial charge in [0.1, 0.15) is 0 Å². The van der Waals surface area contributed by atoms with Crippen LogP contribution in [0.3, 0.4) is 0 Å². The summed E-state index contributed by atoms with van der Waals surface area (Å²) in [4.78, 5) is 10.4. The molecule has 0 aliphatic rings. The highest BCUT2D eigenvalue weighted by atomic mass is 35.5. The van der Waals surface area contributed by atoms with Crippen molar-refractivity contribution in [3.8, 4) is 11.5 Å². The van der Waals surface area contributed by atoms with Crippen molar-refractivity contribution in [3.63, 3.8) is 0 Å². The maximum atomic E-state index is 10.9. The lowest BCUT2D eigenvalue weighted by Gasteiger charge is -2.00. The van der Waals surface area contributed by atoms with Gasteiger partial charge >= 0.3 is 0 Å². The summed E-state index contributed by atoms with van der Waals surface area (Å²) in [5.74, 6) is 0.801. The van der Waals surface area contributed by atoms with Gasteiger partial charge in [0.15, 0.2) is 0 Å². The Morgan fingerprint density at radius 3 is 2.54 bits per heavy atom. The molecule has 1 heterocycles. The molecule has 0 N–H and O–H groups in total. The number of hydrogen-bond acceptors (Lipinski definition) is 6. The lowest BCUT2D eigenvalue weighted by atomic mass is 10.2. The van der Waals surface area contributed by atoms with E-state index in [-0.39, 0.29) is 5.69 Å². The Kier molecular flexibility index (Phi) is 5.03. The van der Waals surface area contributed by atoms with Gasteiger partial charge in [-0.05, 0) is 35.9 Å². The van der Waals surface area contributed by atoms with Gasteiger partial charge in [-0.3, -0.25) is 10.1 Å². The van der Waals surface area contributed by atoms with Crippen LogP contribution in [0.2, 0.25) is 10.0 Å². The molecule has 0 atom stereocenters. The number of halogens is 2. The van der Waals surface area contributed by atoms with E-state index in [1.165, 1.54) is 23.9 Å². The van der Waals surface area contributed by atoms with Gasteiger partial charge in [0.25, 0.3) is 10.9 Å². The molecule has 0 fully saturated rings. The molecule has 0 amide bonds. The predicted octanol–water partition coefficient (Wildman–Crippen LogP) is 5.24. The zero-order valence-corrected chi connectivity index (χ0v) is 14.3. The third-order valence-electron chi connectivity index (χ3n) is 3.01. The Morgan fingerprint density at radius 1 is 1.08 bits per heavy atom. The molecule has 24 heavy (non-hydrogen) atoms. The maximum Gasteiger partial charge on any atom is 0.277 e.